The van der Waals surface area contributed by atoms with Crippen LogP contribution in [0.4, 0.5) is 11.4 Å². The van der Waals surface area contributed by atoms with Crippen molar-refractivity contribution >= 4 is 40.6 Å². The van der Waals surface area contributed by atoms with Crippen molar-refractivity contribution in [2.24, 2.45) is 0 Å². The molecule has 0 radical (unpaired) electrons. The molecule has 0 heterocycles. The number of benzene rings is 2. The van der Waals surface area contributed by atoms with E-state index in [0.29, 0.717) is 5.02 Å². The predicted octanol–water partition coefficient (Wildman–Crippen LogP) is 4.68. The Hall–Kier alpha value is -2.05. The van der Waals surface area contributed by atoms with E-state index in [-0.39, 0.29) is 16.8 Å². The van der Waals surface area contributed by atoms with Crippen molar-refractivity contribution in [2.45, 2.75) is 24.0 Å². The van der Waals surface area contributed by atoms with Crippen LogP contribution >= 0.6 is 23.4 Å². The Bertz CT molecular complexity index is 735. The number of rotatable bonds is 5. The number of halogens is 1. The lowest BCUT2D eigenvalue weighted by Crippen LogP contribution is -2.22. The van der Waals surface area contributed by atoms with E-state index in [4.69, 9.17) is 11.6 Å². The quantitative estimate of drug-likeness (QED) is 0.483. The van der Waals surface area contributed by atoms with E-state index >= 15 is 0 Å². The average molecular weight is 351 g/mol. The number of non-ortho nitro benzene ring substituents is 1. The highest BCUT2D eigenvalue weighted by Gasteiger charge is 2.16. The van der Waals surface area contributed by atoms with Crippen LogP contribution in [0, 0.1) is 17.0 Å². The fraction of sp³-hybridized carbons (Fsp3) is 0.188. The van der Waals surface area contributed by atoms with Gasteiger partial charge in [0, 0.05) is 27.7 Å². The van der Waals surface area contributed by atoms with Crippen LogP contribution in [0.5, 0.6) is 0 Å². The SMILES string of the molecule is Cc1cc(Cl)ccc1NC(=O)[C@@H](C)Sc1ccc([N+](=O)[O-])cc1. The van der Waals surface area contributed by atoms with Gasteiger partial charge < -0.3 is 5.32 Å². The molecule has 0 aromatic heterocycles. The Labute approximate surface area is 143 Å². The summed E-state index contributed by atoms with van der Waals surface area (Å²) in [4.78, 5) is 23.2. The van der Waals surface area contributed by atoms with Crippen molar-refractivity contribution in [3.8, 4) is 0 Å². The van der Waals surface area contributed by atoms with Crippen molar-refractivity contribution in [3.63, 3.8) is 0 Å². The smallest absolute Gasteiger partial charge is 0.269 e. The minimum atomic E-state index is -0.451. The Morgan fingerprint density at radius 2 is 1.91 bits per heavy atom. The van der Waals surface area contributed by atoms with Gasteiger partial charge in [0.05, 0.1) is 10.2 Å². The highest BCUT2D eigenvalue weighted by atomic mass is 35.5. The van der Waals surface area contributed by atoms with E-state index in [1.807, 2.05) is 6.92 Å². The molecule has 0 bridgehead atoms. The molecule has 1 amide bonds. The first-order chi connectivity index (χ1) is 10.9. The van der Waals surface area contributed by atoms with Crippen LogP contribution in [0.1, 0.15) is 12.5 Å². The van der Waals surface area contributed by atoms with Crippen LogP contribution in [0.25, 0.3) is 0 Å². The number of nitrogens with zero attached hydrogens (tertiary/aromatic N) is 1. The predicted molar refractivity (Wildman–Crippen MR) is 93.2 cm³/mol. The lowest BCUT2D eigenvalue weighted by atomic mass is 10.2. The molecule has 0 aliphatic carbocycles. The topological polar surface area (TPSA) is 72.2 Å². The molecular weight excluding hydrogens is 336 g/mol. The fourth-order valence-corrected chi connectivity index (χ4v) is 3.00. The van der Waals surface area contributed by atoms with E-state index in [2.05, 4.69) is 5.32 Å². The molecule has 0 saturated heterocycles. The monoisotopic (exact) mass is 350 g/mol. The number of anilines is 1. The standard InChI is InChI=1S/C16H15ClN2O3S/c1-10-9-12(17)3-8-15(10)18-16(20)11(2)23-14-6-4-13(5-7-14)19(21)22/h3-9,11H,1-2H3,(H,18,20)/t11-/m1/s1. The first kappa shape index (κ1) is 17.3. The summed E-state index contributed by atoms with van der Waals surface area (Å²) in [5.41, 5.74) is 1.64. The first-order valence-electron chi connectivity index (χ1n) is 6.85. The minimum absolute atomic E-state index is 0.0308. The maximum absolute atomic E-state index is 12.3. The van der Waals surface area contributed by atoms with Gasteiger partial charge in [-0.05, 0) is 49.7 Å². The second kappa shape index (κ2) is 7.48. The fourth-order valence-electron chi connectivity index (χ4n) is 1.91. The van der Waals surface area contributed by atoms with Crippen LogP contribution in [-0.4, -0.2) is 16.1 Å². The van der Waals surface area contributed by atoms with Crippen LogP contribution in [0.3, 0.4) is 0 Å². The maximum atomic E-state index is 12.3. The van der Waals surface area contributed by atoms with Crippen LogP contribution < -0.4 is 5.32 Å². The molecule has 0 aliphatic rings. The van der Waals surface area contributed by atoms with E-state index < -0.39 is 4.92 Å². The molecule has 7 heteroatoms. The molecule has 120 valence electrons. The van der Waals surface area contributed by atoms with E-state index in [1.54, 1.807) is 37.3 Å². The number of carbonyl (C=O) groups excluding carboxylic acids is 1. The Morgan fingerprint density at radius 1 is 1.26 bits per heavy atom. The Kier molecular flexibility index (Phi) is 5.63. The summed E-state index contributed by atoms with van der Waals surface area (Å²) in [5, 5.41) is 13.8. The minimum Gasteiger partial charge on any atom is -0.325 e. The van der Waals surface area contributed by atoms with Gasteiger partial charge in [0.25, 0.3) is 5.69 Å². The van der Waals surface area contributed by atoms with Crippen LogP contribution in [0.15, 0.2) is 47.4 Å². The highest BCUT2D eigenvalue weighted by Crippen LogP contribution is 2.27. The highest BCUT2D eigenvalue weighted by molar-refractivity contribution is 8.00. The molecule has 2 aromatic rings. The first-order valence-corrected chi connectivity index (χ1v) is 8.10. The molecule has 1 atom stereocenters. The second-order valence-electron chi connectivity index (χ2n) is 4.96. The summed E-state index contributed by atoms with van der Waals surface area (Å²) in [5.74, 6) is -0.140. The largest absolute Gasteiger partial charge is 0.325 e. The van der Waals surface area contributed by atoms with Crippen molar-refractivity contribution in [1.29, 1.82) is 0 Å². The third-order valence-corrected chi connectivity index (χ3v) is 4.52. The summed E-state index contributed by atoms with van der Waals surface area (Å²) >= 11 is 7.23. The molecular formula is C16H15ClN2O3S. The summed E-state index contributed by atoms with van der Waals surface area (Å²) in [6, 6.07) is 11.4. The second-order valence-corrected chi connectivity index (χ2v) is 6.81. The number of hydrogen-bond donors (Lipinski definition) is 1. The third kappa shape index (κ3) is 4.71. The van der Waals surface area contributed by atoms with Crippen molar-refractivity contribution < 1.29 is 9.72 Å². The summed E-state index contributed by atoms with van der Waals surface area (Å²) in [6.45, 7) is 3.66. The van der Waals surface area contributed by atoms with Gasteiger partial charge in [0.2, 0.25) is 5.91 Å². The molecule has 2 rings (SSSR count). The number of hydrogen-bond acceptors (Lipinski definition) is 4. The van der Waals surface area contributed by atoms with Gasteiger partial charge in [-0.3, -0.25) is 14.9 Å². The van der Waals surface area contributed by atoms with Gasteiger partial charge in [-0.25, -0.2) is 0 Å². The number of nitro groups is 1. The normalized spacial score (nSPS) is 11.8. The molecule has 1 N–H and O–H groups in total. The maximum Gasteiger partial charge on any atom is 0.269 e. The zero-order chi connectivity index (χ0) is 17.0. The van der Waals surface area contributed by atoms with Gasteiger partial charge in [0.1, 0.15) is 0 Å². The molecule has 2 aromatic carbocycles. The zero-order valence-corrected chi connectivity index (χ0v) is 14.1. The molecule has 23 heavy (non-hydrogen) atoms. The third-order valence-electron chi connectivity index (χ3n) is 3.18. The summed E-state index contributed by atoms with van der Waals surface area (Å²) < 4.78 is 0. The molecule has 0 saturated carbocycles. The van der Waals surface area contributed by atoms with Crippen molar-refractivity contribution in [2.75, 3.05) is 5.32 Å². The van der Waals surface area contributed by atoms with Gasteiger partial charge in [0.15, 0.2) is 0 Å². The summed E-state index contributed by atoms with van der Waals surface area (Å²) in [6.07, 6.45) is 0. The van der Waals surface area contributed by atoms with Crippen LogP contribution in [-0.2, 0) is 4.79 Å². The average Bonchev–Trinajstić information content (AvgIpc) is 2.50. The Balaban J connectivity index is 2.00. The number of carbonyl (C=O) groups is 1. The molecule has 5 nitrogen and oxygen atoms in total. The number of amides is 1. The van der Waals surface area contributed by atoms with Crippen molar-refractivity contribution in [1.82, 2.24) is 0 Å². The lowest BCUT2D eigenvalue weighted by molar-refractivity contribution is -0.384. The van der Waals surface area contributed by atoms with E-state index in [0.717, 1.165) is 16.1 Å². The number of nitro benzene ring substituents is 1. The van der Waals surface area contributed by atoms with Crippen LogP contribution in [0.2, 0.25) is 5.02 Å². The van der Waals surface area contributed by atoms with Gasteiger partial charge in [-0.1, -0.05) is 11.6 Å². The van der Waals surface area contributed by atoms with E-state index in [1.165, 1.54) is 23.9 Å². The molecule has 0 fully saturated rings. The van der Waals surface area contributed by atoms with Gasteiger partial charge >= 0.3 is 0 Å². The van der Waals surface area contributed by atoms with Crippen molar-refractivity contribution in [3.05, 3.63) is 63.2 Å². The summed E-state index contributed by atoms with van der Waals surface area (Å²) in [7, 11) is 0. The molecule has 0 spiro atoms. The molecule has 0 unspecified atom stereocenters. The zero-order valence-electron chi connectivity index (χ0n) is 12.6. The van der Waals surface area contributed by atoms with E-state index in [9.17, 15) is 14.9 Å². The number of nitrogens with one attached hydrogen (secondary N) is 1. The Morgan fingerprint density at radius 3 is 2.48 bits per heavy atom. The lowest BCUT2D eigenvalue weighted by Gasteiger charge is -2.13. The molecule has 0 aliphatic heterocycles. The van der Waals surface area contributed by atoms with Gasteiger partial charge in [-0.2, -0.15) is 0 Å². The number of aryl methyl sites for hydroxylation is 1. The van der Waals surface area contributed by atoms with Gasteiger partial charge in [-0.15, -0.1) is 11.8 Å². The number of thioether (sulfide) groups is 1.